The van der Waals surface area contributed by atoms with Crippen LogP contribution in [0.4, 0.5) is 5.69 Å². The molecular formula is C20H23ClN2O4. The van der Waals surface area contributed by atoms with Crippen molar-refractivity contribution in [2.24, 2.45) is 0 Å². The van der Waals surface area contributed by atoms with Crippen LogP contribution in [0.15, 0.2) is 42.5 Å². The number of likely N-dealkylation sites (N-methyl/N-ethyl adjacent to an activating group) is 1. The number of fused-ring (bicyclic) bond motifs is 1. The van der Waals surface area contributed by atoms with Crippen molar-refractivity contribution in [3.63, 3.8) is 0 Å². The van der Waals surface area contributed by atoms with Crippen LogP contribution in [0, 0.1) is 0 Å². The molecule has 1 aliphatic heterocycles. The summed E-state index contributed by atoms with van der Waals surface area (Å²) in [4.78, 5) is 14.4. The summed E-state index contributed by atoms with van der Waals surface area (Å²) in [5, 5.41) is 3.59. The molecule has 0 aromatic heterocycles. The second-order valence-corrected chi connectivity index (χ2v) is 6.74. The molecular weight excluding hydrogens is 368 g/mol. The van der Waals surface area contributed by atoms with E-state index in [1.165, 1.54) is 0 Å². The third-order valence-electron chi connectivity index (χ3n) is 4.38. The quantitative estimate of drug-likeness (QED) is 0.784. The predicted molar refractivity (Wildman–Crippen MR) is 105 cm³/mol. The molecule has 1 amide bonds. The highest BCUT2D eigenvalue weighted by molar-refractivity contribution is 6.30. The number of carbonyl (C=O) groups excluding carboxylic acids is 1. The second kappa shape index (κ2) is 8.97. The zero-order valence-electron chi connectivity index (χ0n) is 15.4. The Kier molecular flexibility index (Phi) is 6.42. The van der Waals surface area contributed by atoms with Crippen LogP contribution in [0.2, 0.25) is 5.02 Å². The molecule has 0 bridgehead atoms. The van der Waals surface area contributed by atoms with Crippen molar-refractivity contribution in [1.82, 2.24) is 4.90 Å². The first-order chi connectivity index (χ1) is 13.0. The number of anilines is 1. The van der Waals surface area contributed by atoms with Crippen LogP contribution in [0.1, 0.15) is 6.92 Å². The van der Waals surface area contributed by atoms with Crippen LogP contribution in [0.25, 0.3) is 0 Å². The summed E-state index contributed by atoms with van der Waals surface area (Å²) in [5.74, 6) is 2.00. The lowest BCUT2D eigenvalue weighted by Crippen LogP contribution is -2.41. The van der Waals surface area contributed by atoms with Gasteiger partial charge in [0.2, 0.25) is 5.91 Å². The van der Waals surface area contributed by atoms with Gasteiger partial charge in [-0.3, -0.25) is 9.69 Å². The second-order valence-electron chi connectivity index (χ2n) is 6.31. The van der Waals surface area contributed by atoms with Crippen molar-refractivity contribution in [3.8, 4) is 17.2 Å². The van der Waals surface area contributed by atoms with Gasteiger partial charge in [0.1, 0.15) is 25.6 Å². The van der Waals surface area contributed by atoms with Gasteiger partial charge in [-0.05, 0) is 50.4 Å². The van der Waals surface area contributed by atoms with Crippen molar-refractivity contribution in [3.05, 3.63) is 47.5 Å². The molecule has 0 fully saturated rings. The first-order valence-corrected chi connectivity index (χ1v) is 9.20. The zero-order valence-corrected chi connectivity index (χ0v) is 16.2. The third-order valence-corrected chi connectivity index (χ3v) is 4.63. The van der Waals surface area contributed by atoms with E-state index in [0.29, 0.717) is 48.6 Å². The van der Waals surface area contributed by atoms with Gasteiger partial charge in [-0.25, -0.2) is 0 Å². The molecule has 1 heterocycles. The molecule has 0 radical (unpaired) electrons. The van der Waals surface area contributed by atoms with Crippen LogP contribution < -0.4 is 19.5 Å². The summed E-state index contributed by atoms with van der Waals surface area (Å²) in [7, 11) is 1.89. The Labute approximate surface area is 164 Å². The lowest BCUT2D eigenvalue weighted by molar-refractivity contribution is -0.120. The Hall–Kier alpha value is -2.44. The minimum absolute atomic E-state index is 0.0966. The van der Waals surface area contributed by atoms with Crippen molar-refractivity contribution in [1.29, 1.82) is 0 Å². The molecule has 7 heteroatoms. The van der Waals surface area contributed by atoms with Gasteiger partial charge in [0.15, 0.2) is 11.5 Å². The maximum Gasteiger partial charge on any atom is 0.241 e. The van der Waals surface area contributed by atoms with Crippen molar-refractivity contribution in [2.45, 2.75) is 13.0 Å². The monoisotopic (exact) mass is 390 g/mol. The summed E-state index contributed by atoms with van der Waals surface area (Å²) in [6.07, 6.45) is 0. The minimum Gasteiger partial charge on any atom is -0.492 e. The fourth-order valence-corrected chi connectivity index (χ4v) is 2.73. The average molecular weight is 391 g/mol. The van der Waals surface area contributed by atoms with Gasteiger partial charge in [0.05, 0.1) is 6.04 Å². The number of nitrogens with zero attached hydrogens (tertiary/aromatic N) is 1. The zero-order chi connectivity index (χ0) is 19.2. The summed E-state index contributed by atoms with van der Waals surface area (Å²) in [5.41, 5.74) is 0.682. The Morgan fingerprint density at radius 3 is 2.63 bits per heavy atom. The summed E-state index contributed by atoms with van der Waals surface area (Å²) in [6.45, 7) is 3.99. The lowest BCUT2D eigenvalue weighted by Gasteiger charge is -2.24. The Morgan fingerprint density at radius 2 is 1.89 bits per heavy atom. The number of ether oxygens (including phenoxy) is 3. The molecule has 0 spiro atoms. The van der Waals surface area contributed by atoms with E-state index in [9.17, 15) is 4.79 Å². The fourth-order valence-electron chi connectivity index (χ4n) is 2.60. The molecule has 144 valence electrons. The molecule has 0 saturated heterocycles. The number of amides is 1. The molecule has 2 aromatic carbocycles. The number of benzene rings is 2. The van der Waals surface area contributed by atoms with Gasteiger partial charge in [-0.2, -0.15) is 0 Å². The van der Waals surface area contributed by atoms with Gasteiger partial charge in [-0.15, -0.1) is 0 Å². The van der Waals surface area contributed by atoms with E-state index in [0.717, 1.165) is 5.75 Å². The number of halogens is 1. The van der Waals surface area contributed by atoms with Gasteiger partial charge in [0.25, 0.3) is 0 Å². The highest BCUT2D eigenvalue weighted by Crippen LogP contribution is 2.32. The van der Waals surface area contributed by atoms with Crippen LogP contribution >= 0.6 is 11.6 Å². The number of nitrogens with one attached hydrogen (secondary N) is 1. The highest BCUT2D eigenvalue weighted by atomic mass is 35.5. The maximum absolute atomic E-state index is 12.5. The van der Waals surface area contributed by atoms with E-state index >= 15 is 0 Å². The molecule has 0 saturated carbocycles. The number of rotatable bonds is 7. The Morgan fingerprint density at radius 1 is 1.19 bits per heavy atom. The minimum atomic E-state index is -0.313. The number of carbonyl (C=O) groups is 1. The van der Waals surface area contributed by atoms with Gasteiger partial charge in [0, 0.05) is 23.3 Å². The third kappa shape index (κ3) is 5.28. The molecule has 1 atom stereocenters. The summed E-state index contributed by atoms with van der Waals surface area (Å²) < 4.78 is 16.7. The largest absolute Gasteiger partial charge is 0.492 e. The van der Waals surface area contributed by atoms with Crippen LogP contribution in [0.3, 0.4) is 0 Å². The number of hydrogen-bond acceptors (Lipinski definition) is 5. The van der Waals surface area contributed by atoms with Gasteiger partial charge < -0.3 is 19.5 Å². The first-order valence-electron chi connectivity index (χ1n) is 8.82. The Bertz CT molecular complexity index is 782. The average Bonchev–Trinajstić information content (AvgIpc) is 2.68. The normalized spacial score (nSPS) is 13.9. The molecule has 0 aliphatic carbocycles. The lowest BCUT2D eigenvalue weighted by atomic mass is 10.2. The molecule has 27 heavy (non-hydrogen) atoms. The molecule has 1 N–H and O–H groups in total. The Balaban J connectivity index is 1.48. The van der Waals surface area contributed by atoms with Crippen LogP contribution in [0.5, 0.6) is 17.2 Å². The maximum atomic E-state index is 12.5. The van der Waals surface area contributed by atoms with Crippen molar-refractivity contribution in [2.75, 3.05) is 38.7 Å². The molecule has 2 aromatic rings. The summed E-state index contributed by atoms with van der Waals surface area (Å²) in [6, 6.07) is 12.3. The molecule has 6 nitrogen and oxygen atoms in total. The van der Waals surface area contributed by atoms with E-state index in [2.05, 4.69) is 5.32 Å². The molecule has 3 rings (SSSR count). The molecule has 1 aliphatic rings. The number of hydrogen-bond donors (Lipinski definition) is 1. The highest BCUT2D eigenvalue weighted by Gasteiger charge is 2.19. The van der Waals surface area contributed by atoms with E-state index in [1.807, 2.05) is 37.1 Å². The van der Waals surface area contributed by atoms with Crippen LogP contribution in [-0.2, 0) is 4.79 Å². The molecule has 1 unspecified atom stereocenters. The van der Waals surface area contributed by atoms with Gasteiger partial charge >= 0.3 is 0 Å². The predicted octanol–water partition coefficient (Wildman–Crippen LogP) is 3.45. The smallest absolute Gasteiger partial charge is 0.241 e. The summed E-state index contributed by atoms with van der Waals surface area (Å²) >= 11 is 5.86. The van der Waals surface area contributed by atoms with Gasteiger partial charge in [-0.1, -0.05) is 11.6 Å². The van der Waals surface area contributed by atoms with Crippen molar-refractivity contribution >= 4 is 23.2 Å². The van der Waals surface area contributed by atoms with E-state index < -0.39 is 0 Å². The van der Waals surface area contributed by atoms with Crippen molar-refractivity contribution < 1.29 is 19.0 Å². The van der Waals surface area contributed by atoms with E-state index in [4.69, 9.17) is 25.8 Å². The standard InChI is InChI=1S/C20H23ClN2O4/c1-14(23(2)9-10-25-17-6-3-15(21)4-7-17)20(24)22-16-5-8-18-19(13-16)27-12-11-26-18/h3-8,13-14H,9-12H2,1-2H3,(H,22,24). The fraction of sp³-hybridized carbons (Fsp3) is 0.350. The topological polar surface area (TPSA) is 60.0 Å². The SMILES string of the molecule is CC(C(=O)Nc1ccc2c(c1)OCCO2)N(C)CCOc1ccc(Cl)cc1. The van der Waals surface area contributed by atoms with E-state index in [1.54, 1.807) is 24.3 Å². The first kappa shape index (κ1) is 19.3. The van der Waals surface area contributed by atoms with E-state index in [-0.39, 0.29) is 11.9 Å². The van der Waals surface area contributed by atoms with Crippen LogP contribution in [-0.4, -0.2) is 50.3 Å².